The van der Waals surface area contributed by atoms with Crippen LogP contribution in [0.2, 0.25) is 0 Å². The summed E-state index contributed by atoms with van der Waals surface area (Å²) in [4.78, 5) is 13.3. The molecule has 14 heavy (non-hydrogen) atoms. The van der Waals surface area contributed by atoms with Gasteiger partial charge in [0, 0.05) is 19.1 Å². The Hall–Kier alpha value is -0.610. The lowest BCUT2D eigenvalue weighted by molar-refractivity contribution is -0.129. The number of rotatable bonds is 1. The molecule has 2 rings (SSSR count). The van der Waals surface area contributed by atoms with Crippen molar-refractivity contribution in [3.8, 4) is 0 Å². The van der Waals surface area contributed by atoms with Crippen LogP contribution in [0.5, 0.6) is 0 Å². The fourth-order valence-electron chi connectivity index (χ4n) is 2.90. The largest absolute Gasteiger partial charge is 0.341 e. The van der Waals surface area contributed by atoms with E-state index in [-0.39, 0.29) is 12.5 Å². The van der Waals surface area contributed by atoms with Gasteiger partial charge in [-0.25, -0.2) is 0 Å². The van der Waals surface area contributed by atoms with Crippen molar-refractivity contribution in [3.05, 3.63) is 0 Å². The second-order valence-corrected chi connectivity index (χ2v) is 4.77. The van der Waals surface area contributed by atoms with Gasteiger partial charge in [-0.3, -0.25) is 4.79 Å². The van der Waals surface area contributed by atoms with E-state index in [4.69, 9.17) is 11.5 Å². The minimum atomic E-state index is 0.0855. The first-order chi connectivity index (χ1) is 6.65. The maximum atomic E-state index is 11.4. The van der Waals surface area contributed by atoms with Crippen LogP contribution in [0, 0.1) is 5.41 Å². The second kappa shape index (κ2) is 3.51. The molecule has 1 saturated heterocycles. The number of hydrogen-bond donors (Lipinski definition) is 2. The summed E-state index contributed by atoms with van der Waals surface area (Å²) in [7, 11) is 0. The first-order valence-corrected chi connectivity index (χ1v) is 5.39. The summed E-state index contributed by atoms with van der Waals surface area (Å²) >= 11 is 0. The zero-order valence-corrected chi connectivity index (χ0v) is 8.54. The van der Waals surface area contributed by atoms with Gasteiger partial charge in [0.05, 0.1) is 6.54 Å². The summed E-state index contributed by atoms with van der Waals surface area (Å²) in [6, 6.07) is 0.350. The van der Waals surface area contributed by atoms with Gasteiger partial charge in [-0.2, -0.15) is 0 Å². The molecule has 1 saturated carbocycles. The van der Waals surface area contributed by atoms with Gasteiger partial charge in [-0.1, -0.05) is 0 Å². The zero-order chi connectivity index (χ0) is 10.2. The Morgan fingerprint density at radius 2 is 2.29 bits per heavy atom. The Balaban J connectivity index is 1.97. The maximum Gasteiger partial charge on any atom is 0.236 e. The third-order valence-electron chi connectivity index (χ3n) is 3.71. The van der Waals surface area contributed by atoms with Crippen molar-refractivity contribution in [1.82, 2.24) is 4.90 Å². The van der Waals surface area contributed by atoms with E-state index in [1.54, 1.807) is 0 Å². The molecule has 1 spiro atoms. The molecule has 0 radical (unpaired) electrons. The molecule has 0 aromatic rings. The van der Waals surface area contributed by atoms with Gasteiger partial charge in [0.15, 0.2) is 0 Å². The van der Waals surface area contributed by atoms with Crippen LogP contribution in [0.4, 0.5) is 0 Å². The van der Waals surface area contributed by atoms with Gasteiger partial charge in [-0.15, -0.1) is 0 Å². The van der Waals surface area contributed by atoms with E-state index in [1.807, 2.05) is 4.90 Å². The van der Waals surface area contributed by atoms with Crippen molar-refractivity contribution in [1.29, 1.82) is 0 Å². The van der Waals surface area contributed by atoms with Gasteiger partial charge in [0.2, 0.25) is 5.91 Å². The van der Waals surface area contributed by atoms with Gasteiger partial charge in [-0.05, 0) is 31.1 Å². The van der Waals surface area contributed by atoms with Crippen LogP contribution in [0.25, 0.3) is 0 Å². The number of nitrogens with zero attached hydrogens (tertiary/aromatic N) is 1. The van der Waals surface area contributed by atoms with Crippen molar-refractivity contribution >= 4 is 5.91 Å². The molecule has 1 amide bonds. The Morgan fingerprint density at radius 3 is 2.86 bits per heavy atom. The number of hydrogen-bond acceptors (Lipinski definition) is 3. The van der Waals surface area contributed by atoms with Crippen molar-refractivity contribution in [2.45, 2.75) is 31.7 Å². The predicted molar refractivity (Wildman–Crippen MR) is 54.5 cm³/mol. The Bertz CT molecular complexity index is 244. The van der Waals surface area contributed by atoms with Crippen molar-refractivity contribution < 1.29 is 4.79 Å². The highest BCUT2D eigenvalue weighted by molar-refractivity contribution is 5.78. The first-order valence-electron chi connectivity index (χ1n) is 5.39. The van der Waals surface area contributed by atoms with Gasteiger partial charge in [0.25, 0.3) is 0 Å². The molecule has 2 fully saturated rings. The minimum Gasteiger partial charge on any atom is -0.341 e. The molecular formula is C10H19N3O. The van der Waals surface area contributed by atoms with Crippen LogP contribution in [0.15, 0.2) is 0 Å². The van der Waals surface area contributed by atoms with E-state index < -0.39 is 0 Å². The number of carbonyl (C=O) groups excluding carboxylic acids is 1. The molecule has 2 aliphatic rings. The molecular weight excluding hydrogens is 178 g/mol. The predicted octanol–water partition coefficient (Wildman–Crippen LogP) is -0.325. The zero-order valence-electron chi connectivity index (χ0n) is 8.54. The monoisotopic (exact) mass is 197 g/mol. The Morgan fingerprint density at radius 1 is 1.50 bits per heavy atom. The Labute approximate surface area is 84.6 Å². The lowest BCUT2D eigenvalue weighted by Gasteiger charge is -2.23. The van der Waals surface area contributed by atoms with Crippen molar-refractivity contribution in [3.63, 3.8) is 0 Å². The smallest absolute Gasteiger partial charge is 0.236 e. The standard InChI is InChI=1S/C10H19N3O/c11-6-9(14)13-4-3-10(7-13)2-1-8(12)5-10/h8H,1-7,11-12H2/t8-,10-/m1/s1. The average Bonchev–Trinajstić information content (AvgIpc) is 2.74. The van der Waals surface area contributed by atoms with Gasteiger partial charge >= 0.3 is 0 Å². The van der Waals surface area contributed by atoms with Crippen LogP contribution < -0.4 is 11.5 Å². The summed E-state index contributed by atoms with van der Waals surface area (Å²) < 4.78 is 0. The van der Waals surface area contributed by atoms with Crippen LogP contribution >= 0.6 is 0 Å². The molecule has 4 nitrogen and oxygen atoms in total. The second-order valence-electron chi connectivity index (χ2n) is 4.77. The quantitative estimate of drug-likeness (QED) is 0.605. The molecule has 0 aromatic heterocycles. The number of likely N-dealkylation sites (tertiary alicyclic amines) is 1. The maximum absolute atomic E-state index is 11.4. The molecule has 1 aliphatic carbocycles. The van der Waals surface area contributed by atoms with E-state index in [9.17, 15) is 4.79 Å². The molecule has 80 valence electrons. The first kappa shape index (κ1) is 9.93. The van der Waals surface area contributed by atoms with Crippen LogP contribution in [-0.2, 0) is 4.79 Å². The summed E-state index contributed by atoms with van der Waals surface area (Å²) in [6.07, 6.45) is 4.50. The van der Waals surface area contributed by atoms with Crippen LogP contribution in [0.3, 0.4) is 0 Å². The highest BCUT2D eigenvalue weighted by Gasteiger charge is 2.43. The minimum absolute atomic E-state index is 0.0855. The van der Waals surface area contributed by atoms with E-state index in [0.717, 1.165) is 32.4 Å². The summed E-state index contributed by atoms with van der Waals surface area (Å²) in [5, 5.41) is 0. The van der Waals surface area contributed by atoms with Gasteiger partial charge in [0.1, 0.15) is 0 Å². The molecule has 4 heteroatoms. The summed E-state index contributed by atoms with van der Waals surface area (Å²) in [5.74, 6) is 0.0855. The fraction of sp³-hybridized carbons (Fsp3) is 0.900. The third-order valence-corrected chi connectivity index (χ3v) is 3.71. The molecule has 0 unspecified atom stereocenters. The highest BCUT2D eigenvalue weighted by atomic mass is 16.2. The normalized spacial score (nSPS) is 37.0. The van der Waals surface area contributed by atoms with E-state index in [1.165, 1.54) is 6.42 Å². The lowest BCUT2D eigenvalue weighted by Crippen LogP contribution is -2.36. The molecule has 0 aromatic carbocycles. The number of amides is 1. The summed E-state index contributed by atoms with van der Waals surface area (Å²) in [6.45, 7) is 1.90. The van der Waals surface area contributed by atoms with Crippen molar-refractivity contribution in [2.75, 3.05) is 19.6 Å². The SMILES string of the molecule is NCC(=O)N1CC[C@@]2(CC[C@@H](N)C2)C1. The lowest BCUT2D eigenvalue weighted by atomic mass is 9.85. The van der Waals surface area contributed by atoms with E-state index in [0.29, 0.717) is 11.5 Å². The van der Waals surface area contributed by atoms with E-state index in [2.05, 4.69) is 0 Å². The van der Waals surface area contributed by atoms with Crippen molar-refractivity contribution in [2.24, 2.45) is 16.9 Å². The Kier molecular flexibility index (Phi) is 2.49. The van der Waals surface area contributed by atoms with Crippen LogP contribution in [0.1, 0.15) is 25.7 Å². The highest BCUT2D eigenvalue weighted by Crippen LogP contribution is 2.44. The van der Waals surface area contributed by atoms with Crippen LogP contribution in [-0.4, -0.2) is 36.5 Å². The number of nitrogens with two attached hydrogens (primary N) is 2. The molecule has 1 heterocycles. The van der Waals surface area contributed by atoms with E-state index >= 15 is 0 Å². The van der Waals surface area contributed by atoms with Gasteiger partial charge < -0.3 is 16.4 Å². The molecule has 0 bridgehead atoms. The molecule has 2 atom stereocenters. The summed E-state index contributed by atoms with van der Waals surface area (Å²) in [5.41, 5.74) is 11.6. The molecule has 4 N–H and O–H groups in total. The topological polar surface area (TPSA) is 72.4 Å². The third kappa shape index (κ3) is 1.64. The average molecular weight is 197 g/mol. The fourth-order valence-corrected chi connectivity index (χ4v) is 2.90. The number of carbonyl (C=O) groups is 1. The molecule has 1 aliphatic heterocycles.